The standard InChI is InChI=1S/C8H11ClN2O4S2/c1-16-4-2-3-11-5-6(17(9,14)15)7(12)10-8(11)13/h5H,2-4H2,1H3,(H,10,12,13). The Morgan fingerprint density at radius 3 is 2.65 bits per heavy atom. The van der Waals surface area contributed by atoms with Gasteiger partial charge in [0, 0.05) is 23.4 Å². The van der Waals surface area contributed by atoms with E-state index in [1.165, 1.54) is 0 Å². The Balaban J connectivity index is 3.16. The molecular formula is C8H11ClN2O4S2. The first-order valence-corrected chi connectivity index (χ1v) is 8.34. The Hall–Kier alpha value is -0.730. The molecule has 0 atom stereocenters. The zero-order valence-corrected chi connectivity index (χ0v) is 11.4. The van der Waals surface area contributed by atoms with Crippen molar-refractivity contribution in [3.63, 3.8) is 0 Å². The monoisotopic (exact) mass is 298 g/mol. The van der Waals surface area contributed by atoms with Crippen molar-refractivity contribution in [2.24, 2.45) is 0 Å². The van der Waals surface area contributed by atoms with Crippen LogP contribution in [0.3, 0.4) is 0 Å². The first kappa shape index (κ1) is 14.3. The number of nitrogens with zero attached hydrogens (tertiary/aromatic N) is 1. The van der Waals surface area contributed by atoms with Gasteiger partial charge < -0.3 is 0 Å². The van der Waals surface area contributed by atoms with Crippen molar-refractivity contribution in [2.75, 3.05) is 12.0 Å². The van der Waals surface area contributed by atoms with E-state index in [-0.39, 0.29) is 0 Å². The maximum Gasteiger partial charge on any atom is 0.328 e. The number of halogens is 1. The van der Waals surface area contributed by atoms with Gasteiger partial charge in [-0.1, -0.05) is 0 Å². The topological polar surface area (TPSA) is 89.0 Å². The third kappa shape index (κ3) is 3.90. The Morgan fingerprint density at radius 2 is 2.12 bits per heavy atom. The fourth-order valence-corrected chi connectivity index (χ4v) is 2.48. The average molecular weight is 299 g/mol. The summed E-state index contributed by atoms with van der Waals surface area (Å²) >= 11 is 1.61. The molecule has 1 aromatic heterocycles. The van der Waals surface area contributed by atoms with E-state index < -0.39 is 25.2 Å². The second-order valence-electron chi connectivity index (χ2n) is 3.23. The second-order valence-corrected chi connectivity index (χ2v) is 6.75. The van der Waals surface area contributed by atoms with Gasteiger partial charge >= 0.3 is 5.69 Å². The molecule has 0 bridgehead atoms. The lowest BCUT2D eigenvalue weighted by molar-refractivity contribution is 0.594. The lowest BCUT2D eigenvalue weighted by Gasteiger charge is -2.05. The van der Waals surface area contributed by atoms with E-state index in [0.29, 0.717) is 13.0 Å². The van der Waals surface area contributed by atoms with Crippen LogP contribution in [0.15, 0.2) is 20.7 Å². The number of H-pyrrole nitrogens is 1. The summed E-state index contributed by atoms with van der Waals surface area (Å²) in [7, 11) is 0.942. The molecule has 1 aromatic rings. The highest BCUT2D eigenvalue weighted by molar-refractivity contribution is 8.13. The minimum absolute atomic E-state index is 0.329. The number of aromatic nitrogens is 2. The predicted octanol–water partition coefficient (Wildman–Crippen LogP) is 0.217. The third-order valence-corrected chi connectivity index (χ3v) is 4.00. The van der Waals surface area contributed by atoms with Crippen LogP contribution in [0.2, 0.25) is 0 Å². The molecule has 0 unspecified atom stereocenters. The van der Waals surface area contributed by atoms with Crippen LogP contribution >= 0.6 is 22.4 Å². The van der Waals surface area contributed by atoms with Crippen molar-refractivity contribution >= 4 is 31.5 Å². The predicted molar refractivity (Wildman–Crippen MR) is 67.4 cm³/mol. The number of nitrogens with one attached hydrogen (secondary N) is 1. The van der Waals surface area contributed by atoms with Gasteiger partial charge in [0.05, 0.1) is 0 Å². The summed E-state index contributed by atoms with van der Waals surface area (Å²) in [6, 6.07) is 0. The smallest absolute Gasteiger partial charge is 0.299 e. The molecule has 6 nitrogen and oxygen atoms in total. The van der Waals surface area contributed by atoms with Crippen LogP contribution in [-0.4, -0.2) is 30.0 Å². The molecule has 17 heavy (non-hydrogen) atoms. The summed E-state index contributed by atoms with van der Waals surface area (Å²) in [5.74, 6) is 0.828. The molecule has 0 saturated carbocycles. The molecule has 1 N–H and O–H groups in total. The maximum atomic E-state index is 11.4. The number of aryl methyl sites for hydroxylation is 1. The highest BCUT2D eigenvalue weighted by Gasteiger charge is 2.16. The summed E-state index contributed by atoms with van der Waals surface area (Å²) in [4.78, 5) is 23.9. The van der Waals surface area contributed by atoms with E-state index in [4.69, 9.17) is 10.7 Å². The van der Waals surface area contributed by atoms with Crippen LogP contribution in [0, 0.1) is 0 Å². The molecule has 0 aliphatic carbocycles. The first-order valence-electron chi connectivity index (χ1n) is 4.63. The van der Waals surface area contributed by atoms with E-state index in [1.54, 1.807) is 11.8 Å². The zero-order chi connectivity index (χ0) is 13.1. The summed E-state index contributed by atoms with van der Waals surface area (Å²) < 4.78 is 23.3. The zero-order valence-electron chi connectivity index (χ0n) is 8.97. The van der Waals surface area contributed by atoms with Gasteiger partial charge in [0.2, 0.25) is 0 Å². The van der Waals surface area contributed by atoms with E-state index in [1.807, 2.05) is 11.2 Å². The van der Waals surface area contributed by atoms with Gasteiger partial charge in [0.1, 0.15) is 0 Å². The van der Waals surface area contributed by atoms with Crippen LogP contribution in [0.5, 0.6) is 0 Å². The van der Waals surface area contributed by atoms with Crippen LogP contribution < -0.4 is 11.2 Å². The van der Waals surface area contributed by atoms with Crippen LogP contribution in [0.25, 0.3) is 0 Å². The normalized spacial score (nSPS) is 11.6. The van der Waals surface area contributed by atoms with E-state index >= 15 is 0 Å². The lowest BCUT2D eigenvalue weighted by Crippen LogP contribution is -2.32. The fourth-order valence-electron chi connectivity index (χ4n) is 1.21. The molecular weight excluding hydrogens is 288 g/mol. The molecule has 9 heteroatoms. The molecule has 0 radical (unpaired) electrons. The molecule has 1 rings (SSSR count). The minimum atomic E-state index is -4.14. The van der Waals surface area contributed by atoms with Gasteiger partial charge in [-0.15, -0.1) is 0 Å². The van der Waals surface area contributed by atoms with Crippen molar-refractivity contribution in [2.45, 2.75) is 17.9 Å². The van der Waals surface area contributed by atoms with Crippen molar-refractivity contribution < 1.29 is 8.42 Å². The van der Waals surface area contributed by atoms with E-state index in [2.05, 4.69) is 0 Å². The summed E-state index contributed by atoms with van der Waals surface area (Å²) in [5.41, 5.74) is -1.63. The molecule has 0 fully saturated rings. The Morgan fingerprint density at radius 1 is 1.47 bits per heavy atom. The van der Waals surface area contributed by atoms with E-state index in [0.717, 1.165) is 16.5 Å². The van der Waals surface area contributed by atoms with Crippen molar-refractivity contribution in [3.05, 3.63) is 27.0 Å². The average Bonchev–Trinajstić information content (AvgIpc) is 2.19. The minimum Gasteiger partial charge on any atom is -0.299 e. The molecule has 0 aliphatic heterocycles. The maximum absolute atomic E-state index is 11.4. The summed E-state index contributed by atoms with van der Waals surface area (Å²) in [5, 5.41) is 0. The van der Waals surface area contributed by atoms with Gasteiger partial charge in [0.15, 0.2) is 4.90 Å². The lowest BCUT2D eigenvalue weighted by atomic mass is 10.4. The molecule has 1 heterocycles. The number of aromatic amines is 1. The summed E-state index contributed by atoms with van der Waals surface area (Å²) in [6.07, 6.45) is 3.59. The number of thioether (sulfide) groups is 1. The molecule has 0 saturated heterocycles. The molecule has 0 spiro atoms. The third-order valence-electron chi connectivity index (χ3n) is 1.99. The largest absolute Gasteiger partial charge is 0.328 e. The number of rotatable bonds is 5. The molecule has 0 aromatic carbocycles. The number of hydrogen-bond donors (Lipinski definition) is 1. The van der Waals surface area contributed by atoms with Gasteiger partial charge in [-0.05, 0) is 18.4 Å². The van der Waals surface area contributed by atoms with Crippen LogP contribution in [0.4, 0.5) is 0 Å². The number of hydrogen-bond acceptors (Lipinski definition) is 5. The SMILES string of the molecule is CSCCCn1cc(S(=O)(=O)Cl)c(=O)[nH]c1=O. The van der Waals surface area contributed by atoms with Crippen molar-refractivity contribution in [3.8, 4) is 0 Å². The van der Waals surface area contributed by atoms with Crippen molar-refractivity contribution in [1.82, 2.24) is 9.55 Å². The molecule has 96 valence electrons. The van der Waals surface area contributed by atoms with E-state index in [9.17, 15) is 18.0 Å². The first-order chi connectivity index (χ1) is 7.86. The quantitative estimate of drug-likeness (QED) is 0.620. The van der Waals surface area contributed by atoms with Crippen LogP contribution in [-0.2, 0) is 15.6 Å². The highest BCUT2D eigenvalue weighted by Crippen LogP contribution is 2.07. The van der Waals surface area contributed by atoms with Gasteiger partial charge in [-0.25, -0.2) is 13.2 Å². The van der Waals surface area contributed by atoms with Gasteiger partial charge in [-0.2, -0.15) is 11.8 Å². The summed E-state index contributed by atoms with van der Waals surface area (Å²) in [6.45, 7) is 0.329. The van der Waals surface area contributed by atoms with Gasteiger partial charge in [-0.3, -0.25) is 14.3 Å². The Kier molecular flexibility index (Phi) is 4.84. The Labute approximate surface area is 106 Å². The fraction of sp³-hybridized carbons (Fsp3) is 0.500. The second kappa shape index (κ2) is 5.74. The van der Waals surface area contributed by atoms with Crippen molar-refractivity contribution in [1.29, 1.82) is 0 Å². The molecule has 0 aliphatic rings. The van der Waals surface area contributed by atoms with Gasteiger partial charge in [0.25, 0.3) is 14.6 Å². The van der Waals surface area contributed by atoms with Crippen LogP contribution in [0.1, 0.15) is 6.42 Å². The molecule has 0 amide bonds. The Bertz CT molecular complexity index is 605. The highest BCUT2D eigenvalue weighted by atomic mass is 35.7.